The van der Waals surface area contributed by atoms with Gasteiger partial charge < -0.3 is 10.3 Å². The Morgan fingerprint density at radius 1 is 0.947 bits per heavy atom. The fourth-order valence-corrected chi connectivity index (χ4v) is 3.00. The van der Waals surface area contributed by atoms with Crippen LogP contribution >= 0.6 is 0 Å². The van der Waals surface area contributed by atoms with Crippen LogP contribution in [0.2, 0.25) is 0 Å². The summed E-state index contributed by atoms with van der Waals surface area (Å²) >= 11 is 0. The molecule has 2 N–H and O–H groups in total. The Balaban J connectivity index is 1.71. The lowest BCUT2D eigenvalue weighted by molar-refractivity contribution is 0.400. The normalized spacial score (nSPS) is 20.6. The lowest BCUT2D eigenvalue weighted by Gasteiger charge is -2.19. The second-order valence-electron chi connectivity index (χ2n) is 5.87. The molecule has 0 unspecified atom stereocenters. The molecular weight excluding hydrogens is 234 g/mol. The van der Waals surface area contributed by atoms with Gasteiger partial charge in [0.1, 0.15) is 5.82 Å². The van der Waals surface area contributed by atoms with Crippen molar-refractivity contribution in [3.8, 4) is 0 Å². The third-order valence-electron chi connectivity index (χ3n) is 4.22. The number of hydrogen-bond acceptors (Lipinski definition) is 2. The van der Waals surface area contributed by atoms with Gasteiger partial charge in [0, 0.05) is 18.4 Å². The van der Waals surface area contributed by atoms with E-state index in [1.54, 1.807) is 0 Å². The van der Waals surface area contributed by atoms with E-state index in [1.807, 2.05) is 12.4 Å². The van der Waals surface area contributed by atoms with Crippen molar-refractivity contribution in [1.82, 2.24) is 15.3 Å². The van der Waals surface area contributed by atoms with Gasteiger partial charge in [0.25, 0.3) is 0 Å². The van der Waals surface area contributed by atoms with E-state index in [9.17, 15) is 0 Å². The molecule has 1 aromatic rings. The first-order chi connectivity index (χ1) is 9.45. The molecule has 19 heavy (non-hydrogen) atoms. The van der Waals surface area contributed by atoms with Gasteiger partial charge >= 0.3 is 0 Å². The predicted octanol–water partition coefficient (Wildman–Crippen LogP) is 4.17. The number of nitrogens with one attached hydrogen (secondary N) is 2. The summed E-state index contributed by atoms with van der Waals surface area (Å²) < 4.78 is 0. The predicted molar refractivity (Wildman–Crippen MR) is 80.0 cm³/mol. The van der Waals surface area contributed by atoms with Crippen LogP contribution in [-0.4, -0.2) is 16.0 Å². The van der Waals surface area contributed by atoms with Gasteiger partial charge in [-0.1, -0.05) is 57.8 Å². The van der Waals surface area contributed by atoms with Crippen molar-refractivity contribution >= 4 is 0 Å². The average molecular weight is 263 g/mol. The summed E-state index contributed by atoms with van der Waals surface area (Å²) in [5.74, 6) is 1.06. The second kappa shape index (κ2) is 9.13. The topological polar surface area (TPSA) is 40.7 Å². The molecule has 2 rings (SSSR count). The van der Waals surface area contributed by atoms with Crippen LogP contribution in [-0.2, 0) is 6.54 Å². The van der Waals surface area contributed by atoms with Crippen molar-refractivity contribution in [1.29, 1.82) is 0 Å². The molecule has 1 aromatic heterocycles. The maximum atomic E-state index is 4.29. The van der Waals surface area contributed by atoms with Gasteiger partial charge in [-0.25, -0.2) is 4.98 Å². The van der Waals surface area contributed by atoms with Crippen molar-refractivity contribution in [2.75, 3.05) is 0 Å². The molecule has 1 heterocycles. The number of aromatic nitrogens is 2. The number of nitrogens with zero attached hydrogens (tertiary/aromatic N) is 1. The molecule has 108 valence electrons. The highest BCUT2D eigenvalue weighted by Crippen LogP contribution is 2.17. The Morgan fingerprint density at radius 3 is 2.05 bits per heavy atom. The van der Waals surface area contributed by atoms with E-state index in [0.29, 0.717) is 6.04 Å². The van der Waals surface area contributed by atoms with Crippen LogP contribution in [0.3, 0.4) is 0 Å². The van der Waals surface area contributed by atoms with E-state index in [4.69, 9.17) is 0 Å². The van der Waals surface area contributed by atoms with E-state index in [1.165, 1.54) is 70.6 Å². The van der Waals surface area contributed by atoms with E-state index < -0.39 is 0 Å². The molecule has 0 bridgehead atoms. The summed E-state index contributed by atoms with van der Waals surface area (Å²) in [7, 11) is 0. The third-order valence-corrected chi connectivity index (χ3v) is 4.22. The largest absolute Gasteiger partial charge is 0.348 e. The molecule has 0 saturated heterocycles. The van der Waals surface area contributed by atoms with E-state index >= 15 is 0 Å². The van der Waals surface area contributed by atoms with Gasteiger partial charge in [-0.3, -0.25) is 0 Å². The SMILES string of the molecule is c1c[nH]c(CNC2CCCCCCCCCCC2)n1. The lowest BCUT2D eigenvalue weighted by Crippen LogP contribution is -2.29. The first kappa shape index (κ1) is 14.6. The number of rotatable bonds is 3. The number of imidazole rings is 1. The van der Waals surface area contributed by atoms with Crippen LogP contribution in [0.25, 0.3) is 0 Å². The van der Waals surface area contributed by atoms with Crippen molar-refractivity contribution in [3.63, 3.8) is 0 Å². The molecule has 0 spiro atoms. The molecule has 1 aliphatic carbocycles. The number of aromatic amines is 1. The van der Waals surface area contributed by atoms with Gasteiger partial charge in [0.2, 0.25) is 0 Å². The summed E-state index contributed by atoms with van der Waals surface area (Å²) in [6.07, 6.45) is 19.2. The molecule has 0 aliphatic heterocycles. The van der Waals surface area contributed by atoms with Gasteiger partial charge in [-0.05, 0) is 12.8 Å². The Labute approximate surface area is 117 Å². The van der Waals surface area contributed by atoms with Crippen molar-refractivity contribution in [2.45, 2.75) is 83.2 Å². The van der Waals surface area contributed by atoms with E-state index in [-0.39, 0.29) is 0 Å². The van der Waals surface area contributed by atoms with Crippen molar-refractivity contribution in [2.24, 2.45) is 0 Å². The Hall–Kier alpha value is -0.830. The Bertz CT molecular complexity index is 296. The van der Waals surface area contributed by atoms with Crippen molar-refractivity contribution < 1.29 is 0 Å². The maximum absolute atomic E-state index is 4.29. The van der Waals surface area contributed by atoms with Crippen LogP contribution in [0.1, 0.15) is 76.5 Å². The molecule has 0 radical (unpaired) electrons. The zero-order valence-electron chi connectivity index (χ0n) is 12.2. The first-order valence-corrected chi connectivity index (χ1v) is 8.17. The van der Waals surface area contributed by atoms with Crippen molar-refractivity contribution in [3.05, 3.63) is 18.2 Å². The quantitative estimate of drug-likeness (QED) is 0.859. The smallest absolute Gasteiger partial charge is 0.120 e. The van der Waals surface area contributed by atoms with Crippen LogP contribution in [0.15, 0.2) is 12.4 Å². The average Bonchev–Trinajstić information content (AvgIpc) is 2.91. The summed E-state index contributed by atoms with van der Waals surface area (Å²) in [5, 5.41) is 3.68. The lowest BCUT2D eigenvalue weighted by atomic mass is 9.98. The molecule has 3 nitrogen and oxygen atoms in total. The highest BCUT2D eigenvalue weighted by molar-refractivity contribution is 4.86. The molecule has 1 fully saturated rings. The van der Waals surface area contributed by atoms with E-state index in [0.717, 1.165) is 12.4 Å². The van der Waals surface area contributed by atoms with Gasteiger partial charge in [0.05, 0.1) is 6.54 Å². The minimum absolute atomic E-state index is 0.685. The highest BCUT2D eigenvalue weighted by Gasteiger charge is 2.09. The molecular formula is C16H29N3. The number of H-pyrrole nitrogens is 1. The molecule has 0 aromatic carbocycles. The van der Waals surface area contributed by atoms with E-state index in [2.05, 4.69) is 15.3 Å². The summed E-state index contributed by atoms with van der Waals surface area (Å²) in [6, 6.07) is 0.685. The summed E-state index contributed by atoms with van der Waals surface area (Å²) in [6.45, 7) is 0.887. The standard InChI is InChI=1S/C16H29N3/c1-2-4-6-8-10-15(11-9-7-5-3-1)19-14-16-17-12-13-18-16/h12-13,15,19H,1-11,14H2,(H,17,18). The second-order valence-corrected chi connectivity index (χ2v) is 5.87. The van der Waals surface area contributed by atoms with Gasteiger partial charge in [0.15, 0.2) is 0 Å². The fourth-order valence-electron chi connectivity index (χ4n) is 3.00. The Morgan fingerprint density at radius 2 is 1.53 bits per heavy atom. The molecule has 1 aliphatic rings. The minimum Gasteiger partial charge on any atom is -0.348 e. The van der Waals surface area contributed by atoms with Crippen LogP contribution in [0, 0.1) is 0 Å². The molecule has 1 saturated carbocycles. The van der Waals surface area contributed by atoms with Gasteiger partial charge in [-0.15, -0.1) is 0 Å². The zero-order valence-corrected chi connectivity index (χ0v) is 12.2. The highest BCUT2D eigenvalue weighted by atomic mass is 15.0. The molecule has 0 amide bonds. The minimum atomic E-state index is 0.685. The first-order valence-electron chi connectivity index (χ1n) is 8.17. The van der Waals surface area contributed by atoms with Crippen LogP contribution < -0.4 is 5.32 Å². The summed E-state index contributed by atoms with van der Waals surface area (Å²) in [4.78, 5) is 7.46. The fraction of sp³-hybridized carbons (Fsp3) is 0.812. The maximum Gasteiger partial charge on any atom is 0.120 e. The van der Waals surface area contributed by atoms with Gasteiger partial charge in [-0.2, -0.15) is 0 Å². The summed E-state index contributed by atoms with van der Waals surface area (Å²) in [5.41, 5.74) is 0. The Kier molecular flexibility index (Phi) is 7.01. The van der Waals surface area contributed by atoms with Crippen LogP contribution in [0.5, 0.6) is 0 Å². The monoisotopic (exact) mass is 263 g/mol. The zero-order chi connectivity index (χ0) is 13.2. The molecule has 3 heteroatoms. The molecule has 0 atom stereocenters. The van der Waals surface area contributed by atoms with Crippen LogP contribution in [0.4, 0.5) is 0 Å². The third kappa shape index (κ3) is 6.24. The number of hydrogen-bond donors (Lipinski definition) is 2.